The van der Waals surface area contributed by atoms with E-state index in [1.165, 1.54) is 23.2 Å². The van der Waals surface area contributed by atoms with Gasteiger partial charge in [0.2, 0.25) is 0 Å². The zero-order valence-electron chi connectivity index (χ0n) is 13.9. The highest BCUT2D eigenvalue weighted by molar-refractivity contribution is 7.18. The predicted octanol–water partition coefficient (Wildman–Crippen LogP) is 4.38. The number of Topliss-reactive ketones (excluding diaryl/α,β-unsaturated/α-hetero) is 1. The molecule has 1 amide bonds. The molecule has 0 unspecified atom stereocenters. The molecule has 2 rings (SSSR count). The Labute approximate surface area is 139 Å². The second-order valence-corrected chi connectivity index (χ2v) is 7.11. The number of carbonyl (C=O) groups is 2. The van der Waals surface area contributed by atoms with Crippen molar-refractivity contribution in [3.63, 3.8) is 0 Å². The first-order chi connectivity index (χ1) is 10.7. The van der Waals surface area contributed by atoms with Gasteiger partial charge in [0.25, 0.3) is 0 Å². The van der Waals surface area contributed by atoms with Crippen molar-refractivity contribution < 1.29 is 14.3 Å². The van der Waals surface area contributed by atoms with Gasteiger partial charge in [0.15, 0.2) is 10.9 Å². The van der Waals surface area contributed by atoms with Gasteiger partial charge in [-0.1, -0.05) is 41.7 Å². The van der Waals surface area contributed by atoms with Crippen LogP contribution in [0.3, 0.4) is 0 Å². The van der Waals surface area contributed by atoms with Gasteiger partial charge in [-0.15, -0.1) is 0 Å². The van der Waals surface area contributed by atoms with Gasteiger partial charge < -0.3 is 4.74 Å². The highest BCUT2D eigenvalue weighted by Crippen LogP contribution is 2.33. The van der Waals surface area contributed by atoms with Gasteiger partial charge >= 0.3 is 6.09 Å². The van der Waals surface area contributed by atoms with E-state index in [9.17, 15) is 9.59 Å². The molecule has 0 N–H and O–H groups in total. The molecule has 0 radical (unpaired) electrons. The molecule has 0 atom stereocenters. The number of rotatable bonds is 3. The summed E-state index contributed by atoms with van der Waals surface area (Å²) in [7, 11) is 1.59. The normalized spacial score (nSPS) is 11.2. The van der Waals surface area contributed by atoms with Crippen molar-refractivity contribution in [2.45, 2.75) is 33.3 Å². The Balaban J connectivity index is 2.38. The summed E-state index contributed by atoms with van der Waals surface area (Å²) in [5.41, 5.74) is 0.847. The van der Waals surface area contributed by atoms with Crippen LogP contribution in [0.1, 0.15) is 37.4 Å². The average molecular weight is 332 g/mol. The monoisotopic (exact) mass is 332 g/mol. The van der Waals surface area contributed by atoms with Gasteiger partial charge in [0.05, 0.1) is 10.6 Å². The molecule has 0 bridgehead atoms. The molecular weight excluding hydrogens is 312 g/mol. The van der Waals surface area contributed by atoms with E-state index in [2.05, 4.69) is 4.98 Å². The fraction of sp³-hybridized carbons (Fsp3) is 0.353. The lowest BCUT2D eigenvalue weighted by molar-refractivity contribution is 0.0589. The van der Waals surface area contributed by atoms with Crippen molar-refractivity contribution in [1.29, 1.82) is 0 Å². The Morgan fingerprint density at radius 2 is 1.78 bits per heavy atom. The maximum atomic E-state index is 12.2. The van der Waals surface area contributed by atoms with Crippen LogP contribution in [0.5, 0.6) is 0 Å². The summed E-state index contributed by atoms with van der Waals surface area (Å²) in [6, 6.07) is 9.44. The van der Waals surface area contributed by atoms with E-state index in [4.69, 9.17) is 4.74 Å². The van der Waals surface area contributed by atoms with Crippen molar-refractivity contribution in [3.8, 4) is 11.3 Å². The predicted molar refractivity (Wildman–Crippen MR) is 92.2 cm³/mol. The van der Waals surface area contributed by atoms with Crippen molar-refractivity contribution in [2.24, 2.45) is 0 Å². The van der Waals surface area contributed by atoms with Gasteiger partial charge in [-0.05, 0) is 20.8 Å². The Kier molecular flexibility index (Phi) is 4.85. The molecule has 1 heterocycles. The van der Waals surface area contributed by atoms with Crippen molar-refractivity contribution in [1.82, 2.24) is 4.98 Å². The number of nitrogens with zero attached hydrogens (tertiary/aromatic N) is 2. The fourth-order valence-electron chi connectivity index (χ4n) is 1.89. The summed E-state index contributed by atoms with van der Waals surface area (Å²) >= 11 is 1.19. The summed E-state index contributed by atoms with van der Waals surface area (Å²) in [5.74, 6) is -0.0785. The number of anilines is 1. The van der Waals surface area contributed by atoms with E-state index in [-0.39, 0.29) is 5.78 Å². The maximum absolute atomic E-state index is 12.2. The third-order valence-corrected chi connectivity index (χ3v) is 4.17. The van der Waals surface area contributed by atoms with E-state index in [0.717, 1.165) is 5.56 Å². The molecule has 0 aliphatic carbocycles. The average Bonchev–Trinajstić information content (AvgIpc) is 2.91. The van der Waals surface area contributed by atoms with Crippen LogP contribution >= 0.6 is 11.3 Å². The lowest BCUT2D eigenvalue weighted by Crippen LogP contribution is -2.34. The van der Waals surface area contributed by atoms with Crippen molar-refractivity contribution >= 4 is 28.3 Å². The van der Waals surface area contributed by atoms with Crippen LogP contribution < -0.4 is 4.90 Å². The lowest BCUT2D eigenvalue weighted by atomic mass is 10.1. The standard InChI is InChI=1S/C17H20N2O3S/c1-11(20)14-13(12-9-7-6-8-10-12)18-15(23-14)19(5)16(21)22-17(2,3)4/h6-10H,1-5H3. The first-order valence-corrected chi connectivity index (χ1v) is 8.04. The van der Waals surface area contributed by atoms with Crippen LogP contribution in [0.15, 0.2) is 30.3 Å². The summed E-state index contributed by atoms with van der Waals surface area (Å²) in [5, 5.41) is 0.434. The molecule has 1 aromatic carbocycles. The summed E-state index contributed by atoms with van der Waals surface area (Å²) < 4.78 is 5.34. The van der Waals surface area contributed by atoms with Crippen LogP contribution in [0.25, 0.3) is 11.3 Å². The third-order valence-electron chi connectivity index (χ3n) is 2.94. The quantitative estimate of drug-likeness (QED) is 0.782. The SMILES string of the molecule is CC(=O)c1sc(N(C)C(=O)OC(C)(C)C)nc1-c1ccccc1. The van der Waals surface area contributed by atoms with Crippen LogP contribution in [-0.4, -0.2) is 29.5 Å². The second kappa shape index (κ2) is 6.50. The molecule has 23 heavy (non-hydrogen) atoms. The molecule has 0 aliphatic rings. The van der Waals surface area contributed by atoms with E-state index in [0.29, 0.717) is 15.7 Å². The number of benzene rings is 1. The topological polar surface area (TPSA) is 59.5 Å². The molecule has 122 valence electrons. The maximum Gasteiger partial charge on any atom is 0.416 e. The smallest absolute Gasteiger partial charge is 0.416 e. The van der Waals surface area contributed by atoms with Crippen LogP contribution in [0.2, 0.25) is 0 Å². The minimum atomic E-state index is -0.589. The summed E-state index contributed by atoms with van der Waals surface area (Å²) in [6.45, 7) is 6.90. The molecule has 0 saturated carbocycles. The number of aromatic nitrogens is 1. The second-order valence-electron chi connectivity index (χ2n) is 6.14. The van der Waals surface area contributed by atoms with Crippen LogP contribution in [0.4, 0.5) is 9.93 Å². The zero-order valence-corrected chi connectivity index (χ0v) is 14.7. The minimum absolute atomic E-state index is 0.0785. The van der Waals surface area contributed by atoms with Crippen molar-refractivity contribution in [3.05, 3.63) is 35.2 Å². The molecule has 6 heteroatoms. The van der Waals surface area contributed by atoms with Gasteiger partial charge in [-0.25, -0.2) is 9.78 Å². The Hall–Kier alpha value is -2.21. The minimum Gasteiger partial charge on any atom is -0.443 e. The fourth-order valence-corrected chi connectivity index (χ4v) is 2.83. The largest absolute Gasteiger partial charge is 0.443 e. The highest BCUT2D eigenvalue weighted by Gasteiger charge is 2.25. The molecule has 0 aliphatic heterocycles. The van der Waals surface area contributed by atoms with Gasteiger partial charge in [0.1, 0.15) is 5.60 Å². The highest BCUT2D eigenvalue weighted by atomic mass is 32.1. The van der Waals surface area contributed by atoms with Gasteiger partial charge in [-0.2, -0.15) is 0 Å². The first-order valence-electron chi connectivity index (χ1n) is 7.23. The Morgan fingerprint density at radius 1 is 1.17 bits per heavy atom. The zero-order chi connectivity index (χ0) is 17.2. The molecule has 2 aromatic rings. The number of hydrogen-bond donors (Lipinski definition) is 0. The van der Waals surface area contributed by atoms with E-state index < -0.39 is 11.7 Å². The van der Waals surface area contributed by atoms with E-state index in [1.54, 1.807) is 27.8 Å². The Morgan fingerprint density at radius 3 is 2.30 bits per heavy atom. The number of ether oxygens (including phenoxy) is 1. The molecule has 1 aromatic heterocycles. The molecule has 0 saturated heterocycles. The number of amides is 1. The number of ketones is 1. The molecular formula is C17H20N2O3S. The van der Waals surface area contributed by atoms with E-state index in [1.807, 2.05) is 30.3 Å². The van der Waals surface area contributed by atoms with Crippen LogP contribution in [0, 0.1) is 0 Å². The van der Waals surface area contributed by atoms with Gasteiger partial charge in [0, 0.05) is 19.5 Å². The molecule has 0 spiro atoms. The first kappa shape index (κ1) is 17.1. The third kappa shape index (κ3) is 4.16. The van der Waals surface area contributed by atoms with Gasteiger partial charge in [-0.3, -0.25) is 9.69 Å². The van der Waals surface area contributed by atoms with Crippen molar-refractivity contribution in [2.75, 3.05) is 11.9 Å². The Bertz CT molecular complexity index is 717. The number of hydrogen-bond acceptors (Lipinski definition) is 5. The number of carbonyl (C=O) groups excluding carboxylic acids is 2. The molecule has 0 fully saturated rings. The summed E-state index contributed by atoms with van der Waals surface area (Å²) in [4.78, 5) is 30.4. The van der Waals surface area contributed by atoms with Crippen LogP contribution in [-0.2, 0) is 4.74 Å². The lowest BCUT2D eigenvalue weighted by Gasteiger charge is -2.23. The number of thiazole rings is 1. The summed E-state index contributed by atoms with van der Waals surface area (Å²) in [6.07, 6.45) is -0.499. The van der Waals surface area contributed by atoms with E-state index >= 15 is 0 Å². The molecule has 5 nitrogen and oxygen atoms in total.